The van der Waals surface area contributed by atoms with E-state index in [0.29, 0.717) is 0 Å². The third kappa shape index (κ3) is 3.45. The lowest BCUT2D eigenvalue weighted by molar-refractivity contribution is -0.119. The van der Waals surface area contributed by atoms with Gasteiger partial charge in [-0.25, -0.2) is 0 Å². The minimum Gasteiger partial charge on any atom is -0.497 e. The average Bonchev–Trinajstić information content (AvgIpc) is 2.57. The second-order valence-corrected chi connectivity index (χ2v) is 5.90. The van der Waals surface area contributed by atoms with Gasteiger partial charge in [0.2, 0.25) is 5.91 Å². The molecule has 0 bridgehead atoms. The number of benzene rings is 2. The van der Waals surface area contributed by atoms with E-state index in [1.807, 2.05) is 48.5 Å². The Kier molecular flexibility index (Phi) is 4.47. The predicted octanol–water partition coefficient (Wildman–Crippen LogP) is 3.90. The van der Waals surface area contributed by atoms with Gasteiger partial charge in [0.05, 0.1) is 12.6 Å². The largest absolute Gasteiger partial charge is 0.497 e. The molecule has 0 aromatic heterocycles. The van der Waals surface area contributed by atoms with Gasteiger partial charge in [0.25, 0.3) is 0 Å². The molecule has 1 aliphatic rings. The number of carbonyl (C=O) groups is 1. The van der Waals surface area contributed by atoms with Crippen LogP contribution in [0.4, 0.5) is 0 Å². The van der Waals surface area contributed by atoms with Gasteiger partial charge in [-0.2, -0.15) is 0 Å². The van der Waals surface area contributed by atoms with Crippen molar-refractivity contribution in [3.8, 4) is 5.75 Å². The fraction of sp³-hybridized carbons (Fsp3) is 0.250. The summed E-state index contributed by atoms with van der Waals surface area (Å²) in [7, 11) is 1.63. The monoisotopic (exact) mass is 307 g/mol. The van der Waals surface area contributed by atoms with Gasteiger partial charge in [0.15, 0.2) is 0 Å². The van der Waals surface area contributed by atoms with Crippen LogP contribution in [0, 0.1) is 0 Å². The topological polar surface area (TPSA) is 38.3 Å². The van der Waals surface area contributed by atoms with Crippen molar-refractivity contribution < 1.29 is 9.53 Å². The maximum absolute atomic E-state index is 12.3. The quantitative estimate of drug-likeness (QED) is 0.851. The van der Waals surface area contributed by atoms with Crippen molar-refractivity contribution in [1.82, 2.24) is 5.32 Å². The first kappa shape index (κ1) is 15.3. The van der Waals surface area contributed by atoms with E-state index < -0.39 is 0 Å². The molecule has 23 heavy (non-hydrogen) atoms. The fourth-order valence-corrected chi connectivity index (χ4v) is 2.97. The third-order valence-electron chi connectivity index (χ3n) is 4.42. The van der Waals surface area contributed by atoms with Crippen molar-refractivity contribution in [1.29, 1.82) is 0 Å². The smallest absolute Gasteiger partial charge is 0.244 e. The highest BCUT2D eigenvalue weighted by atomic mass is 16.5. The minimum atomic E-state index is -0.197. The molecule has 0 atom stereocenters. The Bertz CT molecular complexity index is 703. The summed E-state index contributed by atoms with van der Waals surface area (Å²) in [5.74, 6) is 0.726. The van der Waals surface area contributed by atoms with Crippen molar-refractivity contribution >= 4 is 12.0 Å². The highest BCUT2D eigenvalue weighted by Crippen LogP contribution is 2.41. The first-order valence-electron chi connectivity index (χ1n) is 7.92. The maximum atomic E-state index is 12.3. The Morgan fingerprint density at radius 3 is 2.57 bits per heavy atom. The molecule has 0 aliphatic heterocycles. The number of carbonyl (C=O) groups excluding carboxylic acids is 1. The first-order chi connectivity index (χ1) is 11.2. The SMILES string of the molecule is COc1cccc(/C=C/C(=O)NC2(c3ccccc3)CCC2)c1. The lowest BCUT2D eigenvalue weighted by atomic mass is 9.72. The second kappa shape index (κ2) is 6.69. The normalized spacial score (nSPS) is 15.9. The molecule has 0 saturated heterocycles. The summed E-state index contributed by atoms with van der Waals surface area (Å²) in [6, 6.07) is 17.9. The number of rotatable bonds is 5. The molecule has 2 aromatic carbocycles. The lowest BCUT2D eigenvalue weighted by Crippen LogP contribution is -2.50. The molecule has 1 fully saturated rings. The van der Waals surface area contributed by atoms with Gasteiger partial charge in [-0.1, -0.05) is 42.5 Å². The van der Waals surface area contributed by atoms with E-state index in [1.54, 1.807) is 13.2 Å². The molecule has 1 amide bonds. The molecule has 1 N–H and O–H groups in total. The summed E-state index contributed by atoms with van der Waals surface area (Å²) in [6.07, 6.45) is 6.55. The van der Waals surface area contributed by atoms with Crippen LogP contribution in [0.1, 0.15) is 30.4 Å². The van der Waals surface area contributed by atoms with Crippen LogP contribution in [0.2, 0.25) is 0 Å². The van der Waals surface area contributed by atoms with Gasteiger partial charge in [0.1, 0.15) is 5.75 Å². The van der Waals surface area contributed by atoms with Crippen molar-refractivity contribution in [2.24, 2.45) is 0 Å². The van der Waals surface area contributed by atoms with Crippen molar-refractivity contribution in [2.45, 2.75) is 24.8 Å². The Labute approximate surface area is 137 Å². The van der Waals surface area contributed by atoms with Gasteiger partial charge >= 0.3 is 0 Å². The molecule has 2 aromatic rings. The number of amides is 1. The van der Waals surface area contributed by atoms with Gasteiger partial charge in [-0.3, -0.25) is 4.79 Å². The van der Waals surface area contributed by atoms with E-state index >= 15 is 0 Å². The van der Waals surface area contributed by atoms with Crippen LogP contribution in [0.3, 0.4) is 0 Å². The molecule has 1 saturated carbocycles. The van der Waals surface area contributed by atoms with Gasteiger partial charge in [-0.05, 0) is 48.6 Å². The molecule has 0 heterocycles. The zero-order valence-electron chi connectivity index (χ0n) is 13.3. The molecule has 0 spiro atoms. The molecule has 0 radical (unpaired) electrons. The van der Waals surface area contributed by atoms with Crippen molar-refractivity contribution in [2.75, 3.05) is 7.11 Å². The van der Waals surface area contributed by atoms with E-state index in [9.17, 15) is 4.79 Å². The number of methoxy groups -OCH3 is 1. The van der Waals surface area contributed by atoms with Crippen LogP contribution in [0.15, 0.2) is 60.7 Å². The van der Waals surface area contributed by atoms with E-state index in [4.69, 9.17) is 4.74 Å². The molecule has 3 rings (SSSR count). The van der Waals surface area contributed by atoms with Crippen LogP contribution in [0.5, 0.6) is 5.75 Å². The Morgan fingerprint density at radius 1 is 1.13 bits per heavy atom. The summed E-state index contributed by atoms with van der Waals surface area (Å²) in [6.45, 7) is 0. The summed E-state index contributed by atoms with van der Waals surface area (Å²) in [5.41, 5.74) is 1.94. The first-order valence-corrected chi connectivity index (χ1v) is 7.92. The summed E-state index contributed by atoms with van der Waals surface area (Å²) < 4.78 is 5.19. The number of nitrogens with one attached hydrogen (secondary N) is 1. The highest BCUT2D eigenvalue weighted by molar-refractivity contribution is 5.92. The van der Waals surface area contributed by atoms with Crippen molar-refractivity contribution in [3.05, 3.63) is 71.8 Å². The Balaban J connectivity index is 1.70. The van der Waals surface area contributed by atoms with E-state index in [2.05, 4.69) is 17.4 Å². The van der Waals surface area contributed by atoms with Crippen LogP contribution in [-0.4, -0.2) is 13.0 Å². The number of hydrogen-bond acceptors (Lipinski definition) is 2. The molecule has 118 valence electrons. The predicted molar refractivity (Wildman–Crippen MR) is 92.1 cm³/mol. The van der Waals surface area contributed by atoms with Crippen LogP contribution >= 0.6 is 0 Å². The second-order valence-electron chi connectivity index (χ2n) is 5.90. The molecule has 3 nitrogen and oxygen atoms in total. The highest BCUT2D eigenvalue weighted by Gasteiger charge is 2.39. The van der Waals surface area contributed by atoms with Crippen LogP contribution < -0.4 is 10.1 Å². The van der Waals surface area contributed by atoms with Crippen LogP contribution in [-0.2, 0) is 10.3 Å². The Morgan fingerprint density at radius 2 is 1.91 bits per heavy atom. The van der Waals surface area contributed by atoms with Gasteiger partial charge in [0, 0.05) is 6.08 Å². The zero-order chi connectivity index (χ0) is 16.1. The lowest BCUT2D eigenvalue weighted by Gasteiger charge is -2.42. The van der Waals surface area contributed by atoms with Gasteiger partial charge in [-0.15, -0.1) is 0 Å². The van der Waals surface area contributed by atoms with Gasteiger partial charge < -0.3 is 10.1 Å². The molecular weight excluding hydrogens is 286 g/mol. The van der Waals surface area contributed by atoms with E-state index in [1.165, 1.54) is 5.56 Å². The summed E-state index contributed by atoms with van der Waals surface area (Å²) >= 11 is 0. The van der Waals surface area contributed by atoms with E-state index in [0.717, 1.165) is 30.6 Å². The minimum absolute atomic E-state index is 0.0589. The summed E-state index contributed by atoms with van der Waals surface area (Å²) in [5, 5.41) is 3.19. The fourth-order valence-electron chi connectivity index (χ4n) is 2.97. The molecule has 0 unspecified atom stereocenters. The maximum Gasteiger partial charge on any atom is 0.244 e. The van der Waals surface area contributed by atoms with E-state index in [-0.39, 0.29) is 11.4 Å². The zero-order valence-corrected chi connectivity index (χ0v) is 13.3. The van der Waals surface area contributed by atoms with Crippen molar-refractivity contribution in [3.63, 3.8) is 0 Å². The molecular formula is C20H21NO2. The number of ether oxygens (including phenoxy) is 1. The molecule has 3 heteroatoms. The third-order valence-corrected chi connectivity index (χ3v) is 4.42. The number of hydrogen-bond donors (Lipinski definition) is 1. The summed E-state index contributed by atoms with van der Waals surface area (Å²) in [4.78, 5) is 12.3. The molecule has 1 aliphatic carbocycles. The standard InChI is InChI=1S/C20H21NO2/c1-23-18-10-5-7-16(15-18)11-12-19(22)21-20(13-6-14-20)17-8-3-2-4-9-17/h2-5,7-12,15H,6,13-14H2,1H3,(H,21,22)/b12-11+. The average molecular weight is 307 g/mol. The Hall–Kier alpha value is -2.55. The van der Waals surface area contributed by atoms with Crippen LogP contribution in [0.25, 0.3) is 6.08 Å².